The summed E-state index contributed by atoms with van der Waals surface area (Å²) in [6.45, 7) is 0.719. The summed E-state index contributed by atoms with van der Waals surface area (Å²) in [6.07, 6.45) is 6.62. The molecule has 0 bridgehead atoms. The highest BCUT2D eigenvalue weighted by molar-refractivity contribution is 6.17. The third-order valence-corrected chi connectivity index (χ3v) is 5.50. The van der Waals surface area contributed by atoms with Crippen LogP contribution in [0.1, 0.15) is 48.6 Å². The van der Waals surface area contributed by atoms with Crippen molar-refractivity contribution < 1.29 is 9.53 Å². The van der Waals surface area contributed by atoms with Crippen LogP contribution in [0.5, 0.6) is 0 Å². The number of nitrogens with one attached hydrogen (secondary N) is 1. The highest BCUT2D eigenvalue weighted by Crippen LogP contribution is 2.39. The van der Waals surface area contributed by atoms with Gasteiger partial charge in [0.25, 0.3) is 0 Å². The van der Waals surface area contributed by atoms with E-state index in [1.807, 2.05) is 36.4 Å². The van der Waals surface area contributed by atoms with E-state index >= 15 is 0 Å². The average molecular weight is 394 g/mol. The van der Waals surface area contributed by atoms with Gasteiger partial charge in [-0.3, -0.25) is 9.89 Å². The Morgan fingerprint density at radius 3 is 2.93 bits per heavy atom. The average Bonchev–Trinajstić information content (AvgIpc) is 3.19. The zero-order valence-electron chi connectivity index (χ0n) is 15.4. The number of ketones is 1. The summed E-state index contributed by atoms with van der Waals surface area (Å²) in [5, 5.41) is 16.9. The lowest BCUT2D eigenvalue weighted by Crippen LogP contribution is -2.14. The first-order valence-corrected chi connectivity index (χ1v) is 9.94. The number of alkyl halides is 1. The van der Waals surface area contributed by atoms with Gasteiger partial charge >= 0.3 is 0 Å². The van der Waals surface area contributed by atoms with Crippen molar-refractivity contribution in [3.8, 4) is 17.3 Å². The molecule has 1 fully saturated rings. The van der Waals surface area contributed by atoms with Crippen molar-refractivity contribution >= 4 is 23.0 Å². The van der Waals surface area contributed by atoms with Gasteiger partial charge in [0, 0.05) is 30.0 Å². The van der Waals surface area contributed by atoms with Crippen LogP contribution in [0.15, 0.2) is 42.0 Å². The summed E-state index contributed by atoms with van der Waals surface area (Å²) >= 11 is 6.01. The van der Waals surface area contributed by atoms with Crippen LogP contribution >= 0.6 is 11.6 Å². The van der Waals surface area contributed by atoms with E-state index < -0.39 is 0 Å². The van der Waals surface area contributed by atoms with E-state index in [9.17, 15) is 4.79 Å². The van der Waals surface area contributed by atoms with Gasteiger partial charge in [-0.25, -0.2) is 0 Å². The minimum Gasteiger partial charge on any atom is -0.372 e. The number of halogens is 1. The number of allylic oxidation sites excluding steroid dienone is 4. The molecule has 2 aliphatic rings. The molecule has 1 saturated heterocycles. The molecule has 5 nitrogen and oxygen atoms in total. The molecular weight excluding hydrogens is 374 g/mol. The molecule has 0 radical (unpaired) electrons. The van der Waals surface area contributed by atoms with Gasteiger partial charge in [0.1, 0.15) is 6.07 Å². The molecule has 1 aromatic carbocycles. The maximum absolute atomic E-state index is 12.4. The molecule has 4 rings (SSSR count). The Kier molecular flexibility index (Phi) is 5.43. The number of nitrogens with zero attached hydrogens (tertiary/aromatic N) is 2. The first-order chi connectivity index (χ1) is 13.7. The standard InChI is InChI=1S/C22H20ClN3O2/c23-12-14-4-3-5-16(10-14)21-20(15-7-8-17(13-24)18(27)11-15)22(26-25-21)19-6-1-2-9-28-19/h3-5,7-8,10,19H,1-2,6,9,11-12H2,(H,25,26). The highest BCUT2D eigenvalue weighted by atomic mass is 35.5. The molecule has 0 amide bonds. The van der Waals surface area contributed by atoms with Crippen molar-refractivity contribution in [2.75, 3.05) is 6.61 Å². The Hall–Kier alpha value is -2.68. The number of benzene rings is 1. The molecule has 6 heteroatoms. The minimum atomic E-state index is -0.169. The number of rotatable bonds is 4. The smallest absolute Gasteiger partial charge is 0.177 e. The number of hydrogen-bond acceptors (Lipinski definition) is 4. The van der Waals surface area contributed by atoms with Crippen molar-refractivity contribution in [3.05, 3.63) is 58.8 Å². The molecule has 28 heavy (non-hydrogen) atoms. The molecule has 1 aliphatic heterocycles. The summed E-state index contributed by atoms with van der Waals surface area (Å²) < 4.78 is 5.99. The van der Waals surface area contributed by atoms with Crippen molar-refractivity contribution in [2.24, 2.45) is 0 Å². The monoisotopic (exact) mass is 393 g/mol. The topological polar surface area (TPSA) is 78.8 Å². The SMILES string of the molecule is N#CC1=CC=C(c2c(-c3cccc(CCl)c3)n[nH]c2C2CCCCO2)CC1=O. The first-order valence-electron chi connectivity index (χ1n) is 9.41. The summed E-state index contributed by atoms with van der Waals surface area (Å²) in [6, 6.07) is 9.89. The number of H-pyrrole nitrogens is 1. The van der Waals surface area contributed by atoms with Crippen LogP contribution in [-0.4, -0.2) is 22.6 Å². The van der Waals surface area contributed by atoms with Crippen LogP contribution in [0.3, 0.4) is 0 Å². The molecule has 2 heterocycles. The Morgan fingerprint density at radius 2 is 2.21 bits per heavy atom. The molecule has 142 valence electrons. The van der Waals surface area contributed by atoms with E-state index in [1.54, 1.807) is 6.08 Å². The van der Waals surface area contributed by atoms with E-state index in [1.165, 1.54) is 0 Å². The third kappa shape index (κ3) is 3.54. The van der Waals surface area contributed by atoms with Gasteiger partial charge in [-0.05, 0) is 42.5 Å². The fourth-order valence-corrected chi connectivity index (χ4v) is 3.93. The van der Waals surface area contributed by atoms with Crippen LogP contribution < -0.4 is 0 Å². The van der Waals surface area contributed by atoms with E-state index in [4.69, 9.17) is 21.6 Å². The number of Topliss-reactive ketones (excluding diaryl/α,β-unsaturated/α-hetero) is 1. The van der Waals surface area contributed by atoms with Crippen LogP contribution in [-0.2, 0) is 15.4 Å². The second-order valence-corrected chi connectivity index (χ2v) is 7.30. The van der Waals surface area contributed by atoms with Crippen molar-refractivity contribution in [1.29, 1.82) is 5.26 Å². The lowest BCUT2D eigenvalue weighted by molar-refractivity contribution is -0.114. The predicted octanol–water partition coefficient (Wildman–Crippen LogP) is 4.86. The normalized spacial score (nSPS) is 19.7. The Balaban J connectivity index is 1.84. The second-order valence-electron chi connectivity index (χ2n) is 7.03. The number of carbonyl (C=O) groups excluding carboxylic acids is 1. The molecule has 1 aromatic heterocycles. The fraction of sp³-hybridized carbons (Fsp3) is 0.318. The lowest BCUT2D eigenvalue weighted by atomic mass is 9.88. The number of ether oxygens (including phenoxy) is 1. The first kappa shape index (κ1) is 18.7. The molecule has 1 atom stereocenters. The Labute approximate surface area is 168 Å². The van der Waals surface area contributed by atoms with Crippen LogP contribution in [0.25, 0.3) is 16.8 Å². The second kappa shape index (κ2) is 8.14. The van der Waals surface area contributed by atoms with Gasteiger partial charge in [-0.2, -0.15) is 10.4 Å². The van der Waals surface area contributed by atoms with E-state index in [-0.39, 0.29) is 23.9 Å². The molecular formula is C22H20ClN3O2. The Bertz CT molecular complexity index is 1010. The summed E-state index contributed by atoms with van der Waals surface area (Å²) in [5.74, 6) is 0.249. The number of aromatic amines is 1. The van der Waals surface area contributed by atoms with Gasteiger partial charge in [-0.15, -0.1) is 11.6 Å². The Morgan fingerprint density at radius 1 is 1.32 bits per heavy atom. The van der Waals surface area contributed by atoms with Gasteiger partial charge in [0.15, 0.2) is 5.78 Å². The van der Waals surface area contributed by atoms with Gasteiger partial charge in [0.2, 0.25) is 0 Å². The van der Waals surface area contributed by atoms with E-state index in [0.29, 0.717) is 5.88 Å². The van der Waals surface area contributed by atoms with E-state index in [2.05, 4.69) is 10.2 Å². The summed E-state index contributed by atoms with van der Waals surface area (Å²) in [4.78, 5) is 12.4. The number of carbonyl (C=O) groups is 1. The number of nitriles is 1. The number of aromatic nitrogens is 2. The molecule has 1 aliphatic carbocycles. The predicted molar refractivity (Wildman–Crippen MR) is 107 cm³/mol. The van der Waals surface area contributed by atoms with Crippen molar-refractivity contribution in [3.63, 3.8) is 0 Å². The van der Waals surface area contributed by atoms with Gasteiger partial charge < -0.3 is 4.74 Å². The molecule has 2 aromatic rings. The molecule has 1 N–H and O–H groups in total. The van der Waals surface area contributed by atoms with Crippen LogP contribution in [0.4, 0.5) is 0 Å². The van der Waals surface area contributed by atoms with Crippen LogP contribution in [0.2, 0.25) is 0 Å². The molecule has 1 unspecified atom stereocenters. The fourth-order valence-electron chi connectivity index (χ4n) is 3.77. The zero-order chi connectivity index (χ0) is 19.5. The van der Waals surface area contributed by atoms with Gasteiger partial charge in [0.05, 0.1) is 23.1 Å². The highest BCUT2D eigenvalue weighted by Gasteiger charge is 2.28. The molecule has 0 spiro atoms. The van der Waals surface area contributed by atoms with E-state index in [0.717, 1.165) is 59.5 Å². The molecule has 0 saturated carbocycles. The quantitative estimate of drug-likeness (QED) is 0.752. The van der Waals surface area contributed by atoms with Crippen molar-refractivity contribution in [2.45, 2.75) is 37.7 Å². The largest absolute Gasteiger partial charge is 0.372 e. The van der Waals surface area contributed by atoms with Crippen molar-refractivity contribution in [1.82, 2.24) is 10.2 Å². The van der Waals surface area contributed by atoms with Crippen LogP contribution in [0, 0.1) is 11.3 Å². The maximum Gasteiger partial charge on any atom is 0.177 e. The minimum absolute atomic E-state index is 0.0708. The summed E-state index contributed by atoms with van der Waals surface area (Å²) in [5.41, 5.74) is 5.57. The van der Waals surface area contributed by atoms with Gasteiger partial charge in [-0.1, -0.05) is 24.3 Å². The lowest BCUT2D eigenvalue weighted by Gasteiger charge is -2.23. The number of hydrogen-bond donors (Lipinski definition) is 1. The third-order valence-electron chi connectivity index (χ3n) is 5.19. The maximum atomic E-state index is 12.4. The summed E-state index contributed by atoms with van der Waals surface area (Å²) in [7, 11) is 0. The zero-order valence-corrected chi connectivity index (χ0v) is 16.1.